The van der Waals surface area contributed by atoms with Gasteiger partial charge in [-0.3, -0.25) is 9.98 Å². The molecule has 0 fully saturated rings. The van der Waals surface area contributed by atoms with Gasteiger partial charge in [-0.1, -0.05) is 0 Å². The number of hydrogen-bond acceptors (Lipinski definition) is 5. The molecule has 102 valence electrons. The minimum Gasteiger partial charge on any atom is -0.370 e. The lowest BCUT2D eigenvalue weighted by molar-refractivity contribution is 0.610. The molecule has 0 spiro atoms. The van der Waals surface area contributed by atoms with Gasteiger partial charge >= 0.3 is 0 Å². The average molecular weight is 349 g/mol. The predicted molar refractivity (Wildman–Crippen MR) is 77.9 cm³/mol. The molecule has 0 amide bonds. The van der Waals surface area contributed by atoms with Gasteiger partial charge in [0.25, 0.3) is 0 Å². The van der Waals surface area contributed by atoms with Crippen LogP contribution in [0.1, 0.15) is 0 Å². The topological polar surface area (TPSA) is 163 Å². The Morgan fingerprint density at radius 1 is 1.00 bits per heavy atom. The maximum absolute atomic E-state index is 11.4. The van der Waals surface area contributed by atoms with Crippen molar-refractivity contribution >= 4 is 48.6 Å². The summed E-state index contributed by atoms with van der Waals surface area (Å²) in [6, 6.07) is 0. The van der Waals surface area contributed by atoms with Crippen LogP contribution in [0.25, 0.3) is 0 Å². The fourth-order valence-corrected chi connectivity index (χ4v) is 3.10. The van der Waals surface area contributed by atoms with Crippen molar-refractivity contribution in [1.82, 2.24) is 0 Å². The summed E-state index contributed by atoms with van der Waals surface area (Å²) in [5, 5.41) is 0. The molecule has 0 unspecified atom stereocenters. The highest BCUT2D eigenvalue weighted by Crippen LogP contribution is 2.12. The summed E-state index contributed by atoms with van der Waals surface area (Å²) in [5.74, 6) is -0.00129. The molecule has 0 bridgehead atoms. The van der Waals surface area contributed by atoms with E-state index in [1.54, 1.807) is 0 Å². The lowest BCUT2D eigenvalue weighted by Crippen LogP contribution is -2.24. The van der Waals surface area contributed by atoms with Crippen LogP contribution in [0, 0.1) is 0 Å². The first-order valence-electron chi connectivity index (χ1n) is 4.31. The first-order valence-corrected chi connectivity index (χ1v) is 7.47. The lowest BCUT2D eigenvalue weighted by atomic mass is 10.8. The summed E-state index contributed by atoms with van der Waals surface area (Å²) in [6.45, 7) is 0.314. The van der Waals surface area contributed by atoms with Crippen molar-refractivity contribution in [2.24, 2.45) is 32.9 Å². The molecule has 0 radical (unpaired) electrons. The van der Waals surface area contributed by atoms with E-state index in [2.05, 4.69) is 9.98 Å². The Kier molecular flexibility index (Phi) is 10.3. The van der Waals surface area contributed by atoms with Gasteiger partial charge in [0.05, 0.1) is 18.8 Å². The van der Waals surface area contributed by atoms with Gasteiger partial charge in [-0.25, -0.2) is 8.42 Å². The number of halogens is 1. The molecule has 0 heterocycles. The zero-order valence-corrected chi connectivity index (χ0v) is 12.4. The monoisotopic (exact) mass is 348 g/mol. The third-order valence-electron chi connectivity index (χ3n) is 1.28. The highest BCUT2D eigenvalue weighted by atomic mass is 79.9. The van der Waals surface area contributed by atoms with Crippen LogP contribution < -0.4 is 22.9 Å². The van der Waals surface area contributed by atoms with Crippen LogP contribution in [0.15, 0.2) is 9.98 Å². The summed E-state index contributed by atoms with van der Waals surface area (Å²) < 4.78 is 22.7. The van der Waals surface area contributed by atoms with E-state index < -0.39 is 8.87 Å². The quantitative estimate of drug-likeness (QED) is 0.182. The Morgan fingerprint density at radius 3 is 1.94 bits per heavy atom. The molecule has 0 aliphatic heterocycles. The van der Waals surface area contributed by atoms with Crippen LogP contribution in [0.3, 0.4) is 0 Å². The van der Waals surface area contributed by atoms with E-state index >= 15 is 0 Å². The van der Waals surface area contributed by atoms with Crippen molar-refractivity contribution in [3.63, 3.8) is 0 Å². The van der Waals surface area contributed by atoms with Crippen LogP contribution in [0.5, 0.6) is 0 Å². The molecule has 0 rings (SSSR count). The number of rotatable bonds is 7. The van der Waals surface area contributed by atoms with Crippen LogP contribution in [-0.4, -0.2) is 44.9 Å². The molecule has 0 aromatic rings. The normalized spacial score (nSPS) is 10.1. The Morgan fingerprint density at radius 2 is 1.47 bits per heavy atom. The fourth-order valence-electron chi connectivity index (χ4n) is 0.684. The molecule has 0 aliphatic rings. The van der Waals surface area contributed by atoms with E-state index in [4.69, 9.17) is 22.9 Å². The second-order valence-corrected chi connectivity index (χ2v) is 7.10. The van der Waals surface area contributed by atoms with Crippen molar-refractivity contribution in [3.05, 3.63) is 0 Å². The van der Waals surface area contributed by atoms with Gasteiger partial charge in [0.1, 0.15) is 0 Å². The number of nitrogens with zero attached hydrogens (tertiary/aromatic N) is 2. The number of aliphatic imine (C=N–C) groups is 2. The minimum atomic E-state index is -3.23. The number of hydrogen-bond donors (Lipinski definition) is 4. The van der Waals surface area contributed by atoms with E-state index in [9.17, 15) is 8.42 Å². The molecule has 8 N–H and O–H groups in total. The Bertz CT molecular complexity index is 361. The van der Waals surface area contributed by atoms with Gasteiger partial charge in [0.2, 0.25) is 8.87 Å². The van der Waals surface area contributed by atoms with Gasteiger partial charge < -0.3 is 22.9 Å². The zero-order valence-electron chi connectivity index (χ0n) is 9.07. The summed E-state index contributed by atoms with van der Waals surface area (Å²) in [7, 11) is -2.45. The maximum Gasteiger partial charge on any atom is 0.203 e. The maximum atomic E-state index is 11.4. The SMILES string of the molecule is Br.NC(N)=NCCSS(=O)(=O)CCN=C(N)N. The summed E-state index contributed by atoms with van der Waals surface area (Å²) in [5.41, 5.74) is 20.3. The van der Waals surface area contributed by atoms with Gasteiger partial charge in [-0.05, 0) is 10.8 Å². The summed E-state index contributed by atoms with van der Waals surface area (Å²) >= 11 is 0. The minimum absolute atomic E-state index is 0. The van der Waals surface area contributed by atoms with Gasteiger partial charge in [-0.2, -0.15) is 0 Å². The molecular formula is C6H17BrN6O2S2. The van der Waals surface area contributed by atoms with E-state index in [1.807, 2.05) is 0 Å². The highest BCUT2D eigenvalue weighted by Gasteiger charge is 2.10. The third-order valence-corrected chi connectivity index (χ3v) is 4.75. The molecule has 0 aromatic heterocycles. The third kappa shape index (κ3) is 13.3. The number of nitrogens with two attached hydrogens (primary N) is 4. The Balaban J connectivity index is 0. The van der Waals surface area contributed by atoms with Crippen molar-refractivity contribution < 1.29 is 8.42 Å². The van der Waals surface area contributed by atoms with Crippen LogP contribution >= 0.6 is 27.8 Å². The first-order chi connectivity index (χ1) is 7.33. The Hall–Kier alpha value is -0.680. The van der Waals surface area contributed by atoms with E-state index in [-0.39, 0.29) is 47.7 Å². The highest BCUT2D eigenvalue weighted by molar-refractivity contribution is 8.93. The molecule has 0 saturated carbocycles. The lowest BCUT2D eigenvalue weighted by Gasteiger charge is -2.00. The molecule has 0 aromatic carbocycles. The second-order valence-electron chi connectivity index (χ2n) is 2.70. The molecule has 8 nitrogen and oxygen atoms in total. The van der Waals surface area contributed by atoms with Crippen LogP contribution in [0.4, 0.5) is 0 Å². The van der Waals surface area contributed by atoms with Crippen molar-refractivity contribution in [2.75, 3.05) is 24.6 Å². The molecule has 0 aliphatic carbocycles. The van der Waals surface area contributed by atoms with Gasteiger partial charge in [-0.15, -0.1) is 17.0 Å². The van der Waals surface area contributed by atoms with E-state index in [0.717, 1.165) is 10.8 Å². The van der Waals surface area contributed by atoms with Crippen LogP contribution in [0.2, 0.25) is 0 Å². The van der Waals surface area contributed by atoms with Gasteiger partial charge in [0, 0.05) is 5.75 Å². The predicted octanol–water partition coefficient (Wildman–Crippen LogP) is -1.83. The van der Waals surface area contributed by atoms with Crippen molar-refractivity contribution in [1.29, 1.82) is 0 Å². The summed E-state index contributed by atoms with van der Waals surface area (Å²) in [6.07, 6.45) is 0. The van der Waals surface area contributed by atoms with E-state index in [0.29, 0.717) is 5.75 Å². The molecule has 0 atom stereocenters. The summed E-state index contributed by atoms with van der Waals surface area (Å²) in [4.78, 5) is 7.23. The Labute approximate surface area is 114 Å². The molecule has 11 heteroatoms. The van der Waals surface area contributed by atoms with Gasteiger partial charge in [0.15, 0.2) is 11.9 Å². The molecule has 17 heavy (non-hydrogen) atoms. The second kappa shape index (κ2) is 9.36. The smallest absolute Gasteiger partial charge is 0.203 e. The fraction of sp³-hybridized carbons (Fsp3) is 0.667. The van der Waals surface area contributed by atoms with Crippen molar-refractivity contribution in [3.8, 4) is 0 Å². The van der Waals surface area contributed by atoms with E-state index in [1.165, 1.54) is 0 Å². The standard InChI is InChI=1S/C6H16N6O2S2.BrH/c7-5(8)11-1-3-15-16(13,14)4-2-12-6(9)10;/h1-4H2,(H4,7,8,11)(H4,9,10,12);1H. The first kappa shape index (κ1) is 18.7. The number of guanidine groups is 2. The largest absolute Gasteiger partial charge is 0.370 e. The van der Waals surface area contributed by atoms with Crippen molar-refractivity contribution in [2.45, 2.75) is 0 Å². The van der Waals surface area contributed by atoms with Crippen LogP contribution in [-0.2, 0) is 8.87 Å². The zero-order chi connectivity index (χ0) is 12.6. The molecule has 0 saturated heterocycles. The average Bonchev–Trinajstić information content (AvgIpc) is 2.11. The molecular weight excluding hydrogens is 332 g/mol.